The lowest BCUT2D eigenvalue weighted by molar-refractivity contribution is 0.172. The van der Waals surface area contributed by atoms with Crippen molar-refractivity contribution >= 4 is 29.1 Å². The predicted octanol–water partition coefficient (Wildman–Crippen LogP) is 4.68. The standard InChI is InChI=1S/C21H21ClF2N2OS/c22-13-9-16(23)20(17(24)10-13)12-7-14-15-11-25-2-1-19(15)27-21(14)18(8-12)26-3-5-28-6-4-26/h7-10,15,19,25H,1-6,11H2/t15-,19-/m0/s1. The summed E-state index contributed by atoms with van der Waals surface area (Å²) in [7, 11) is 0. The van der Waals surface area contributed by atoms with E-state index in [1.165, 1.54) is 12.1 Å². The van der Waals surface area contributed by atoms with Gasteiger partial charge in [-0.05, 0) is 42.8 Å². The molecule has 2 aromatic carbocycles. The van der Waals surface area contributed by atoms with Crippen molar-refractivity contribution in [3.05, 3.63) is 46.5 Å². The molecule has 3 aliphatic rings. The van der Waals surface area contributed by atoms with Crippen molar-refractivity contribution in [1.29, 1.82) is 0 Å². The van der Waals surface area contributed by atoms with Gasteiger partial charge in [0.1, 0.15) is 23.5 Å². The van der Waals surface area contributed by atoms with Crippen molar-refractivity contribution in [2.45, 2.75) is 18.4 Å². The number of fused-ring (bicyclic) bond motifs is 3. The number of nitrogens with zero attached hydrogens (tertiary/aromatic N) is 1. The zero-order valence-corrected chi connectivity index (χ0v) is 16.9. The van der Waals surface area contributed by atoms with Crippen LogP contribution in [0.25, 0.3) is 11.1 Å². The van der Waals surface area contributed by atoms with Crippen molar-refractivity contribution in [2.24, 2.45) is 0 Å². The van der Waals surface area contributed by atoms with E-state index in [0.717, 1.165) is 61.1 Å². The first-order chi connectivity index (χ1) is 13.6. The number of hydrogen-bond donors (Lipinski definition) is 1. The second-order valence-electron chi connectivity index (χ2n) is 7.51. The highest BCUT2D eigenvalue weighted by molar-refractivity contribution is 7.99. The summed E-state index contributed by atoms with van der Waals surface area (Å²) in [4.78, 5) is 2.29. The number of anilines is 1. The molecule has 0 saturated carbocycles. The number of rotatable bonds is 2. The van der Waals surface area contributed by atoms with E-state index in [9.17, 15) is 8.78 Å². The highest BCUT2D eigenvalue weighted by Gasteiger charge is 2.39. The number of halogens is 3. The van der Waals surface area contributed by atoms with Crippen molar-refractivity contribution < 1.29 is 13.5 Å². The Morgan fingerprint density at radius 2 is 1.86 bits per heavy atom. The molecule has 0 aliphatic carbocycles. The van der Waals surface area contributed by atoms with Gasteiger partial charge in [0.15, 0.2) is 0 Å². The van der Waals surface area contributed by atoms with Gasteiger partial charge in [-0.25, -0.2) is 8.78 Å². The molecule has 2 fully saturated rings. The van der Waals surface area contributed by atoms with Crippen LogP contribution in [-0.2, 0) is 0 Å². The van der Waals surface area contributed by atoms with E-state index in [0.29, 0.717) is 5.56 Å². The van der Waals surface area contributed by atoms with E-state index in [-0.39, 0.29) is 22.6 Å². The summed E-state index contributed by atoms with van der Waals surface area (Å²) < 4.78 is 35.7. The second-order valence-corrected chi connectivity index (χ2v) is 9.17. The molecule has 5 rings (SSSR count). The minimum Gasteiger partial charge on any atom is -0.487 e. The predicted molar refractivity (Wildman–Crippen MR) is 111 cm³/mol. The fourth-order valence-electron chi connectivity index (χ4n) is 4.48. The number of benzene rings is 2. The third kappa shape index (κ3) is 3.15. The SMILES string of the molecule is Fc1cc(Cl)cc(F)c1-c1cc2c(c(N3CCSCC3)c1)O[C@H]1CCNC[C@@H]21. The van der Waals surface area contributed by atoms with Gasteiger partial charge in [0.2, 0.25) is 0 Å². The van der Waals surface area contributed by atoms with Gasteiger partial charge in [-0.1, -0.05) is 11.6 Å². The zero-order valence-electron chi connectivity index (χ0n) is 15.3. The Morgan fingerprint density at radius 1 is 1.11 bits per heavy atom. The van der Waals surface area contributed by atoms with Crippen LogP contribution in [0.2, 0.25) is 5.02 Å². The van der Waals surface area contributed by atoms with Gasteiger partial charge in [-0.2, -0.15) is 11.8 Å². The first-order valence-corrected chi connectivity index (χ1v) is 11.2. The van der Waals surface area contributed by atoms with Crippen LogP contribution in [0.5, 0.6) is 5.75 Å². The van der Waals surface area contributed by atoms with E-state index in [4.69, 9.17) is 16.3 Å². The maximum absolute atomic E-state index is 14.7. The Kier molecular flexibility index (Phi) is 4.89. The molecular weight excluding hydrogens is 402 g/mol. The van der Waals surface area contributed by atoms with E-state index in [1.807, 2.05) is 23.9 Å². The quantitative estimate of drug-likeness (QED) is 0.759. The molecule has 0 bridgehead atoms. The Morgan fingerprint density at radius 3 is 2.61 bits per heavy atom. The number of piperidine rings is 1. The molecule has 0 amide bonds. The molecule has 0 radical (unpaired) electrons. The minimum atomic E-state index is -0.637. The number of nitrogens with one attached hydrogen (secondary N) is 1. The van der Waals surface area contributed by atoms with E-state index in [1.54, 1.807) is 0 Å². The molecule has 3 aliphatic heterocycles. The lowest BCUT2D eigenvalue weighted by Gasteiger charge is -2.30. The van der Waals surface area contributed by atoms with Crippen LogP contribution in [-0.4, -0.2) is 43.8 Å². The molecule has 2 saturated heterocycles. The third-order valence-electron chi connectivity index (χ3n) is 5.83. The van der Waals surface area contributed by atoms with Crippen molar-refractivity contribution in [3.63, 3.8) is 0 Å². The minimum absolute atomic E-state index is 0.0212. The highest BCUT2D eigenvalue weighted by Crippen LogP contribution is 2.49. The smallest absolute Gasteiger partial charge is 0.146 e. The first kappa shape index (κ1) is 18.5. The average Bonchev–Trinajstić information content (AvgIpc) is 3.06. The fourth-order valence-corrected chi connectivity index (χ4v) is 5.57. The molecule has 28 heavy (non-hydrogen) atoms. The summed E-state index contributed by atoms with van der Waals surface area (Å²) in [6, 6.07) is 6.14. The molecule has 7 heteroatoms. The lowest BCUT2D eigenvalue weighted by atomic mass is 9.88. The van der Waals surface area contributed by atoms with Crippen molar-refractivity contribution in [1.82, 2.24) is 5.32 Å². The maximum atomic E-state index is 14.7. The Hall–Kier alpha value is -1.50. The average molecular weight is 423 g/mol. The second kappa shape index (κ2) is 7.39. The van der Waals surface area contributed by atoms with Gasteiger partial charge in [0.05, 0.1) is 11.3 Å². The Bertz CT molecular complexity index is 897. The maximum Gasteiger partial charge on any atom is 0.146 e. The lowest BCUT2D eigenvalue weighted by Crippen LogP contribution is -2.37. The van der Waals surface area contributed by atoms with Gasteiger partial charge >= 0.3 is 0 Å². The van der Waals surface area contributed by atoms with Crippen molar-refractivity contribution in [2.75, 3.05) is 42.6 Å². The van der Waals surface area contributed by atoms with E-state index in [2.05, 4.69) is 10.2 Å². The summed E-state index contributed by atoms with van der Waals surface area (Å²) in [5, 5.41) is 3.49. The summed E-state index contributed by atoms with van der Waals surface area (Å²) in [5.74, 6) is 1.91. The van der Waals surface area contributed by atoms with E-state index >= 15 is 0 Å². The third-order valence-corrected chi connectivity index (χ3v) is 6.99. The molecule has 1 N–H and O–H groups in total. The van der Waals surface area contributed by atoms with Crippen LogP contribution in [0, 0.1) is 11.6 Å². The van der Waals surface area contributed by atoms with Crippen molar-refractivity contribution in [3.8, 4) is 16.9 Å². The van der Waals surface area contributed by atoms with Crippen LogP contribution >= 0.6 is 23.4 Å². The Labute approximate surface area is 172 Å². The summed E-state index contributed by atoms with van der Waals surface area (Å²) in [6.07, 6.45) is 1.07. The van der Waals surface area contributed by atoms with Gasteiger partial charge in [0, 0.05) is 47.6 Å². The molecule has 3 heterocycles. The zero-order chi connectivity index (χ0) is 19.3. The summed E-state index contributed by atoms with van der Waals surface area (Å²) >= 11 is 7.76. The number of ether oxygens (including phenoxy) is 1. The molecular formula is C21H21ClF2N2OS. The molecule has 2 atom stereocenters. The first-order valence-electron chi connectivity index (χ1n) is 9.65. The highest BCUT2D eigenvalue weighted by atomic mass is 35.5. The van der Waals surface area contributed by atoms with Crippen LogP contribution in [0.4, 0.5) is 14.5 Å². The van der Waals surface area contributed by atoms with Gasteiger partial charge in [-0.3, -0.25) is 0 Å². The van der Waals surface area contributed by atoms with Crippen LogP contribution in [0.3, 0.4) is 0 Å². The molecule has 0 aromatic heterocycles. The number of thioether (sulfide) groups is 1. The molecule has 3 nitrogen and oxygen atoms in total. The monoisotopic (exact) mass is 422 g/mol. The number of hydrogen-bond acceptors (Lipinski definition) is 4. The Balaban J connectivity index is 1.67. The van der Waals surface area contributed by atoms with Gasteiger partial charge < -0.3 is 15.0 Å². The van der Waals surface area contributed by atoms with Gasteiger partial charge in [0.25, 0.3) is 0 Å². The molecule has 0 spiro atoms. The van der Waals surface area contributed by atoms with Crippen LogP contribution in [0.1, 0.15) is 17.9 Å². The molecule has 2 aromatic rings. The van der Waals surface area contributed by atoms with Crippen LogP contribution < -0.4 is 15.0 Å². The molecule has 148 valence electrons. The topological polar surface area (TPSA) is 24.5 Å². The van der Waals surface area contributed by atoms with Gasteiger partial charge in [-0.15, -0.1) is 0 Å². The van der Waals surface area contributed by atoms with E-state index < -0.39 is 11.6 Å². The summed E-state index contributed by atoms with van der Waals surface area (Å²) in [5.41, 5.74) is 2.54. The largest absolute Gasteiger partial charge is 0.487 e. The summed E-state index contributed by atoms with van der Waals surface area (Å²) in [6.45, 7) is 3.56. The normalized spacial score (nSPS) is 23.9. The fraction of sp³-hybridized carbons (Fsp3) is 0.429. The van der Waals surface area contributed by atoms with Crippen LogP contribution in [0.15, 0.2) is 24.3 Å². The molecule has 0 unspecified atom stereocenters.